The summed E-state index contributed by atoms with van der Waals surface area (Å²) in [5.74, 6) is 1.04. The molecule has 4 aromatic rings. The lowest BCUT2D eigenvalue weighted by atomic mass is 9.94. The number of hydrogen-bond donors (Lipinski definition) is 1. The van der Waals surface area contributed by atoms with Crippen molar-refractivity contribution in [3.05, 3.63) is 107 Å². The van der Waals surface area contributed by atoms with Crippen molar-refractivity contribution < 1.29 is 18.4 Å². The smallest absolute Gasteiger partial charge is 0.322 e. The molecule has 0 saturated heterocycles. The van der Waals surface area contributed by atoms with E-state index in [-0.39, 0.29) is 24.3 Å². The zero-order valence-electron chi connectivity index (χ0n) is 20.2. The SMILES string of the molecule is COc1ccc(-c2noc(C3=C(C)N(Cc4ccccc4F)C(=O)NC3c3ccc(C)cc3)n2)cc1. The van der Waals surface area contributed by atoms with Crippen molar-refractivity contribution in [1.29, 1.82) is 0 Å². The first-order valence-electron chi connectivity index (χ1n) is 11.5. The summed E-state index contributed by atoms with van der Waals surface area (Å²) in [5, 5.41) is 7.23. The molecule has 0 radical (unpaired) electrons. The average Bonchev–Trinajstić information content (AvgIpc) is 3.37. The largest absolute Gasteiger partial charge is 0.497 e. The minimum Gasteiger partial charge on any atom is -0.497 e. The van der Waals surface area contributed by atoms with E-state index in [1.165, 1.54) is 11.0 Å². The summed E-state index contributed by atoms with van der Waals surface area (Å²) in [6.45, 7) is 3.88. The molecule has 0 saturated carbocycles. The predicted molar refractivity (Wildman–Crippen MR) is 133 cm³/mol. The Bertz CT molecular complexity index is 1430. The molecule has 7 nitrogen and oxygen atoms in total. The van der Waals surface area contributed by atoms with Crippen LogP contribution < -0.4 is 10.1 Å². The van der Waals surface area contributed by atoms with E-state index in [2.05, 4.69) is 15.5 Å². The minimum absolute atomic E-state index is 0.0634. The van der Waals surface area contributed by atoms with E-state index in [1.807, 2.05) is 62.4 Å². The van der Waals surface area contributed by atoms with E-state index in [4.69, 9.17) is 9.26 Å². The number of methoxy groups -OCH3 is 1. The quantitative estimate of drug-likeness (QED) is 0.369. The van der Waals surface area contributed by atoms with Gasteiger partial charge in [0.1, 0.15) is 11.6 Å². The molecular formula is C28H25FN4O3. The fourth-order valence-electron chi connectivity index (χ4n) is 4.24. The topological polar surface area (TPSA) is 80.5 Å². The molecule has 1 atom stereocenters. The number of benzene rings is 3. The maximum atomic E-state index is 14.4. The zero-order chi connectivity index (χ0) is 25.2. The molecular weight excluding hydrogens is 459 g/mol. The van der Waals surface area contributed by atoms with Gasteiger partial charge in [0.05, 0.1) is 25.3 Å². The van der Waals surface area contributed by atoms with Crippen molar-refractivity contribution in [2.24, 2.45) is 0 Å². The van der Waals surface area contributed by atoms with Crippen molar-refractivity contribution in [3.63, 3.8) is 0 Å². The van der Waals surface area contributed by atoms with E-state index in [0.29, 0.717) is 22.7 Å². The Morgan fingerprint density at radius 1 is 1.03 bits per heavy atom. The first-order chi connectivity index (χ1) is 17.4. The molecule has 36 heavy (non-hydrogen) atoms. The number of nitrogens with one attached hydrogen (secondary N) is 1. The Hall–Kier alpha value is -4.46. The highest BCUT2D eigenvalue weighted by Crippen LogP contribution is 2.38. The Balaban J connectivity index is 1.58. The van der Waals surface area contributed by atoms with Gasteiger partial charge in [0.25, 0.3) is 5.89 Å². The summed E-state index contributed by atoms with van der Waals surface area (Å²) in [4.78, 5) is 19.4. The number of ether oxygens (including phenoxy) is 1. The van der Waals surface area contributed by atoms with Crippen LogP contribution in [-0.4, -0.2) is 28.2 Å². The van der Waals surface area contributed by atoms with Crippen LogP contribution in [0.25, 0.3) is 17.0 Å². The third-order valence-corrected chi connectivity index (χ3v) is 6.30. The lowest BCUT2D eigenvalue weighted by Gasteiger charge is -2.35. The van der Waals surface area contributed by atoms with Crippen LogP contribution in [0.2, 0.25) is 0 Å². The lowest BCUT2D eigenvalue weighted by Crippen LogP contribution is -2.45. The van der Waals surface area contributed by atoms with Gasteiger partial charge in [-0.1, -0.05) is 53.2 Å². The molecule has 8 heteroatoms. The number of carbonyl (C=O) groups excluding carboxylic acids is 1. The molecule has 2 heterocycles. The Kier molecular flexibility index (Phi) is 6.25. The first kappa shape index (κ1) is 23.3. The number of hydrogen-bond acceptors (Lipinski definition) is 5. The van der Waals surface area contributed by atoms with Crippen LogP contribution in [0.5, 0.6) is 5.75 Å². The van der Waals surface area contributed by atoms with Crippen LogP contribution in [0.3, 0.4) is 0 Å². The third kappa shape index (κ3) is 4.45. The van der Waals surface area contributed by atoms with Gasteiger partial charge in [0.2, 0.25) is 5.82 Å². The Morgan fingerprint density at radius 2 is 1.75 bits per heavy atom. The second-order valence-corrected chi connectivity index (χ2v) is 8.62. The lowest BCUT2D eigenvalue weighted by molar-refractivity contribution is 0.202. The third-order valence-electron chi connectivity index (χ3n) is 6.30. The van der Waals surface area contributed by atoms with Gasteiger partial charge in [-0.15, -0.1) is 0 Å². The summed E-state index contributed by atoms with van der Waals surface area (Å²) in [6.07, 6.45) is 0. The van der Waals surface area contributed by atoms with Gasteiger partial charge in [-0.2, -0.15) is 4.98 Å². The van der Waals surface area contributed by atoms with Crippen molar-refractivity contribution in [2.75, 3.05) is 7.11 Å². The van der Waals surface area contributed by atoms with Crippen LogP contribution in [0, 0.1) is 12.7 Å². The van der Waals surface area contributed by atoms with E-state index >= 15 is 0 Å². The number of rotatable bonds is 6. The molecule has 0 bridgehead atoms. The van der Waals surface area contributed by atoms with Gasteiger partial charge in [-0.25, -0.2) is 9.18 Å². The van der Waals surface area contributed by atoms with E-state index in [1.54, 1.807) is 25.3 Å². The van der Waals surface area contributed by atoms with E-state index < -0.39 is 6.04 Å². The molecule has 182 valence electrons. The number of carbonyl (C=O) groups is 1. The molecule has 1 aliphatic heterocycles. The average molecular weight is 485 g/mol. The van der Waals surface area contributed by atoms with Gasteiger partial charge in [-0.3, -0.25) is 4.90 Å². The highest BCUT2D eigenvalue weighted by molar-refractivity contribution is 5.86. The highest BCUT2D eigenvalue weighted by Gasteiger charge is 2.36. The molecule has 2 amide bonds. The fourth-order valence-corrected chi connectivity index (χ4v) is 4.24. The van der Waals surface area contributed by atoms with Crippen LogP contribution in [0.15, 0.2) is 83.0 Å². The van der Waals surface area contributed by atoms with E-state index in [9.17, 15) is 9.18 Å². The van der Waals surface area contributed by atoms with Gasteiger partial charge < -0.3 is 14.6 Å². The number of amides is 2. The number of halogens is 1. The van der Waals surface area contributed by atoms with Crippen LogP contribution in [-0.2, 0) is 6.54 Å². The van der Waals surface area contributed by atoms with Crippen LogP contribution >= 0.6 is 0 Å². The molecule has 5 rings (SSSR count). The van der Waals surface area contributed by atoms with Crippen LogP contribution in [0.1, 0.15) is 35.5 Å². The summed E-state index contributed by atoms with van der Waals surface area (Å²) >= 11 is 0. The summed E-state index contributed by atoms with van der Waals surface area (Å²) in [7, 11) is 1.60. The number of aromatic nitrogens is 2. The van der Waals surface area contributed by atoms with Crippen molar-refractivity contribution in [3.8, 4) is 17.1 Å². The molecule has 1 aliphatic rings. The highest BCUT2D eigenvalue weighted by atomic mass is 19.1. The Labute approximate surface area is 208 Å². The van der Waals surface area contributed by atoms with E-state index in [0.717, 1.165) is 22.4 Å². The van der Waals surface area contributed by atoms with Crippen molar-refractivity contribution in [2.45, 2.75) is 26.4 Å². The summed E-state index contributed by atoms with van der Waals surface area (Å²) in [5.41, 5.74) is 4.41. The molecule has 3 aromatic carbocycles. The molecule has 0 spiro atoms. The second-order valence-electron chi connectivity index (χ2n) is 8.62. The maximum Gasteiger partial charge on any atom is 0.322 e. The second kappa shape index (κ2) is 9.65. The molecule has 1 unspecified atom stereocenters. The summed E-state index contributed by atoms with van der Waals surface area (Å²) in [6, 6.07) is 20.8. The van der Waals surface area contributed by atoms with Gasteiger partial charge in [0, 0.05) is 16.8 Å². The van der Waals surface area contributed by atoms with Gasteiger partial charge in [-0.05, 0) is 49.7 Å². The fraction of sp³-hybridized carbons (Fsp3) is 0.179. The van der Waals surface area contributed by atoms with Crippen LogP contribution in [0.4, 0.5) is 9.18 Å². The van der Waals surface area contributed by atoms with Gasteiger partial charge in [0.15, 0.2) is 0 Å². The number of aryl methyl sites for hydroxylation is 1. The zero-order valence-corrected chi connectivity index (χ0v) is 20.2. The number of urea groups is 1. The molecule has 0 aliphatic carbocycles. The molecule has 1 aromatic heterocycles. The van der Waals surface area contributed by atoms with Crippen molar-refractivity contribution >= 4 is 11.6 Å². The molecule has 0 fully saturated rings. The number of allylic oxidation sites excluding steroid dienone is 1. The Morgan fingerprint density at radius 3 is 2.44 bits per heavy atom. The summed E-state index contributed by atoms with van der Waals surface area (Å²) < 4.78 is 25.4. The molecule has 1 N–H and O–H groups in total. The van der Waals surface area contributed by atoms with Crippen molar-refractivity contribution in [1.82, 2.24) is 20.4 Å². The monoisotopic (exact) mass is 484 g/mol. The number of nitrogens with zero attached hydrogens (tertiary/aromatic N) is 3. The minimum atomic E-state index is -0.515. The normalized spacial score (nSPS) is 15.7. The first-order valence-corrected chi connectivity index (χ1v) is 11.5. The predicted octanol–water partition coefficient (Wildman–Crippen LogP) is 5.89. The maximum absolute atomic E-state index is 14.4. The standard InChI is InChI=1S/C28H25FN4O3/c1-17-8-10-19(11-9-17)25-24(27-31-26(32-36-27)20-12-14-22(35-3)15-13-20)18(2)33(28(34)30-25)16-21-6-4-5-7-23(21)29/h4-15,25H,16H2,1-3H3,(H,30,34). The van der Waals surface area contributed by atoms with Gasteiger partial charge >= 0.3 is 6.03 Å².